The normalized spacial score (nSPS) is 11.0. The third kappa shape index (κ3) is 8.19. The van der Waals surface area contributed by atoms with Crippen LogP contribution in [0.15, 0.2) is 12.4 Å². The Labute approximate surface area is 141 Å². The van der Waals surface area contributed by atoms with Gasteiger partial charge in [0.05, 0.1) is 13.1 Å². The van der Waals surface area contributed by atoms with Crippen molar-refractivity contribution < 1.29 is 14.5 Å². The van der Waals surface area contributed by atoms with Crippen molar-refractivity contribution in [3.05, 3.63) is 18.2 Å². The lowest BCUT2D eigenvalue weighted by Crippen LogP contribution is -2.38. The number of aromatic nitrogens is 2. The van der Waals surface area contributed by atoms with E-state index in [-0.39, 0.29) is 6.42 Å². The number of imidazole rings is 1. The van der Waals surface area contributed by atoms with Gasteiger partial charge in [-0.25, -0.2) is 9.13 Å². The van der Waals surface area contributed by atoms with E-state index in [2.05, 4.69) is 35.4 Å². The lowest BCUT2D eigenvalue weighted by molar-refractivity contribution is -0.704. The molecule has 0 aliphatic rings. The zero-order chi connectivity index (χ0) is 16.9. The Morgan fingerprint density at radius 3 is 2.43 bits per heavy atom. The molecule has 4 nitrogen and oxygen atoms in total. The van der Waals surface area contributed by atoms with E-state index in [1.807, 2.05) is 0 Å². The van der Waals surface area contributed by atoms with Crippen molar-refractivity contribution in [3.63, 3.8) is 0 Å². The van der Waals surface area contributed by atoms with Crippen LogP contribution in [0.1, 0.15) is 83.9 Å². The highest BCUT2D eigenvalue weighted by molar-refractivity contribution is 5.63. The SMILES string of the molecule is CCCCCCCCc1n(CCCC)cc[n+]1CCCC(=O)[O-]. The number of unbranched alkanes of at least 4 members (excludes halogenated alkanes) is 6. The van der Waals surface area contributed by atoms with Crippen molar-refractivity contribution in [1.82, 2.24) is 4.57 Å². The van der Waals surface area contributed by atoms with E-state index in [9.17, 15) is 9.90 Å². The minimum absolute atomic E-state index is 0.142. The summed E-state index contributed by atoms with van der Waals surface area (Å²) in [5.74, 6) is 0.403. The monoisotopic (exact) mass is 322 g/mol. The van der Waals surface area contributed by atoms with Crippen LogP contribution in [0.4, 0.5) is 0 Å². The Bertz CT molecular complexity index is 441. The lowest BCUT2D eigenvalue weighted by atomic mass is 10.1. The van der Waals surface area contributed by atoms with E-state index in [1.165, 1.54) is 57.2 Å². The maximum Gasteiger partial charge on any atom is 0.256 e. The first-order chi connectivity index (χ1) is 11.2. The number of carboxylic acid groups (broad SMARTS) is 1. The van der Waals surface area contributed by atoms with Crippen molar-refractivity contribution in [2.24, 2.45) is 0 Å². The Kier molecular flexibility index (Phi) is 10.4. The largest absolute Gasteiger partial charge is 0.550 e. The Morgan fingerprint density at radius 1 is 1.04 bits per heavy atom. The smallest absolute Gasteiger partial charge is 0.256 e. The number of rotatable bonds is 14. The van der Waals surface area contributed by atoms with Crippen molar-refractivity contribution in [1.29, 1.82) is 0 Å². The molecule has 0 aliphatic heterocycles. The Morgan fingerprint density at radius 2 is 1.74 bits per heavy atom. The minimum Gasteiger partial charge on any atom is -0.550 e. The van der Waals surface area contributed by atoms with Crippen LogP contribution in [0.2, 0.25) is 0 Å². The second-order valence-corrected chi connectivity index (χ2v) is 6.45. The Hall–Kier alpha value is -1.32. The van der Waals surface area contributed by atoms with Crippen LogP contribution >= 0.6 is 0 Å². The zero-order valence-electron chi connectivity index (χ0n) is 15.1. The van der Waals surface area contributed by atoms with E-state index < -0.39 is 5.97 Å². The molecule has 0 aromatic carbocycles. The van der Waals surface area contributed by atoms with Gasteiger partial charge < -0.3 is 9.90 Å². The van der Waals surface area contributed by atoms with E-state index in [0.29, 0.717) is 6.42 Å². The fraction of sp³-hybridized carbons (Fsp3) is 0.789. The van der Waals surface area contributed by atoms with Crippen molar-refractivity contribution in [3.8, 4) is 0 Å². The van der Waals surface area contributed by atoms with Gasteiger partial charge in [-0.3, -0.25) is 0 Å². The first kappa shape index (κ1) is 19.7. The molecule has 0 unspecified atom stereocenters. The number of carboxylic acids is 1. The van der Waals surface area contributed by atoms with Gasteiger partial charge in [0.2, 0.25) is 0 Å². The number of hydrogen-bond donors (Lipinski definition) is 0. The van der Waals surface area contributed by atoms with Gasteiger partial charge in [0.15, 0.2) is 0 Å². The molecule has 0 amide bonds. The molecule has 0 N–H and O–H groups in total. The molecule has 1 heterocycles. The van der Waals surface area contributed by atoms with Crippen molar-refractivity contribution >= 4 is 5.97 Å². The van der Waals surface area contributed by atoms with E-state index in [0.717, 1.165) is 19.5 Å². The average Bonchev–Trinajstić information content (AvgIpc) is 2.90. The summed E-state index contributed by atoms with van der Waals surface area (Å²) in [6.45, 7) is 6.30. The summed E-state index contributed by atoms with van der Waals surface area (Å²) in [7, 11) is 0. The topological polar surface area (TPSA) is 48.9 Å². The van der Waals surface area contributed by atoms with Gasteiger partial charge in [0, 0.05) is 12.4 Å². The molecule has 0 saturated heterocycles. The van der Waals surface area contributed by atoms with Crippen LogP contribution in [-0.2, 0) is 24.3 Å². The summed E-state index contributed by atoms with van der Waals surface area (Å²) in [5.41, 5.74) is 0. The van der Waals surface area contributed by atoms with E-state index in [1.54, 1.807) is 0 Å². The van der Waals surface area contributed by atoms with Crippen LogP contribution in [0, 0.1) is 0 Å². The quantitative estimate of drug-likeness (QED) is 0.390. The molecule has 1 aromatic heterocycles. The van der Waals surface area contributed by atoms with E-state index in [4.69, 9.17) is 0 Å². The fourth-order valence-corrected chi connectivity index (χ4v) is 2.98. The molecule has 0 saturated carbocycles. The second-order valence-electron chi connectivity index (χ2n) is 6.45. The summed E-state index contributed by atoms with van der Waals surface area (Å²) in [5, 5.41) is 10.6. The van der Waals surface area contributed by atoms with Gasteiger partial charge in [0.25, 0.3) is 5.82 Å². The molecule has 0 fully saturated rings. The van der Waals surface area contributed by atoms with Crippen LogP contribution in [0.25, 0.3) is 0 Å². The molecule has 0 spiro atoms. The molecule has 0 atom stereocenters. The number of hydrogen-bond acceptors (Lipinski definition) is 2. The molecule has 132 valence electrons. The van der Waals surface area contributed by atoms with Gasteiger partial charge >= 0.3 is 0 Å². The minimum atomic E-state index is -0.950. The number of aliphatic carboxylic acids is 1. The lowest BCUT2D eigenvalue weighted by Gasteiger charge is -2.06. The van der Waals surface area contributed by atoms with Crippen molar-refractivity contribution in [2.45, 2.75) is 97.6 Å². The van der Waals surface area contributed by atoms with Gasteiger partial charge in [-0.05, 0) is 25.7 Å². The standard InChI is InChI=1S/C19H34N2O2/c1-3-5-7-8-9-10-12-18-20(14-6-4-2)16-17-21(18)15-11-13-19(22)23/h16-17H,3-15H2,1-2H3. The summed E-state index contributed by atoms with van der Waals surface area (Å²) < 4.78 is 4.60. The van der Waals surface area contributed by atoms with Crippen LogP contribution < -0.4 is 9.67 Å². The predicted octanol–water partition coefficient (Wildman–Crippen LogP) is 3.01. The van der Waals surface area contributed by atoms with Gasteiger partial charge in [-0.2, -0.15) is 0 Å². The molecule has 23 heavy (non-hydrogen) atoms. The maximum absolute atomic E-state index is 10.6. The zero-order valence-corrected chi connectivity index (χ0v) is 15.1. The second kappa shape index (κ2) is 12.1. The molecular weight excluding hydrogens is 288 g/mol. The maximum atomic E-state index is 10.6. The van der Waals surface area contributed by atoms with Gasteiger partial charge in [-0.15, -0.1) is 0 Å². The first-order valence-electron chi connectivity index (χ1n) is 9.46. The highest BCUT2D eigenvalue weighted by Crippen LogP contribution is 2.09. The molecule has 0 aliphatic carbocycles. The molecule has 4 heteroatoms. The molecule has 1 rings (SSSR count). The van der Waals surface area contributed by atoms with Crippen LogP contribution in [0.3, 0.4) is 0 Å². The van der Waals surface area contributed by atoms with Gasteiger partial charge in [-0.1, -0.05) is 52.4 Å². The highest BCUT2D eigenvalue weighted by atomic mass is 16.4. The van der Waals surface area contributed by atoms with Crippen LogP contribution in [0.5, 0.6) is 0 Å². The molecule has 0 radical (unpaired) electrons. The number of carbonyl (C=O) groups is 1. The Balaban J connectivity index is 2.52. The molecule has 0 bridgehead atoms. The highest BCUT2D eigenvalue weighted by Gasteiger charge is 2.16. The fourth-order valence-electron chi connectivity index (χ4n) is 2.98. The summed E-state index contributed by atoms with van der Waals surface area (Å²) in [6, 6.07) is 0. The molecule has 1 aromatic rings. The predicted molar refractivity (Wildman–Crippen MR) is 90.9 cm³/mol. The third-order valence-electron chi connectivity index (χ3n) is 4.38. The summed E-state index contributed by atoms with van der Waals surface area (Å²) >= 11 is 0. The van der Waals surface area contributed by atoms with Crippen LogP contribution in [-0.4, -0.2) is 10.5 Å². The van der Waals surface area contributed by atoms with Crippen molar-refractivity contribution in [2.75, 3.05) is 0 Å². The van der Waals surface area contributed by atoms with E-state index >= 15 is 0 Å². The summed E-state index contributed by atoms with van der Waals surface area (Å²) in [4.78, 5) is 10.6. The average molecular weight is 322 g/mol. The summed E-state index contributed by atoms with van der Waals surface area (Å²) in [6.07, 6.45) is 16.3. The molecular formula is C19H34N2O2. The number of aryl methyl sites for hydroxylation is 2. The number of carbonyl (C=O) groups excluding carboxylic acids is 1. The third-order valence-corrected chi connectivity index (χ3v) is 4.38. The first-order valence-corrected chi connectivity index (χ1v) is 9.46. The van der Waals surface area contributed by atoms with Gasteiger partial charge in [0.1, 0.15) is 12.4 Å². The number of nitrogens with zero attached hydrogens (tertiary/aromatic N) is 2.